The van der Waals surface area contributed by atoms with Crippen LogP contribution in [0, 0.1) is 0 Å². The summed E-state index contributed by atoms with van der Waals surface area (Å²) in [5, 5.41) is 43.4. The van der Waals surface area contributed by atoms with Crippen molar-refractivity contribution in [1.82, 2.24) is 10.3 Å². The number of rotatable bonds is 18. The summed E-state index contributed by atoms with van der Waals surface area (Å²) >= 11 is 0. The highest BCUT2D eigenvalue weighted by atomic mass is 16.5. The van der Waals surface area contributed by atoms with Crippen molar-refractivity contribution >= 4 is 0 Å². The Kier molecular flexibility index (Phi) is 12.4. The van der Waals surface area contributed by atoms with Crippen molar-refractivity contribution in [2.75, 3.05) is 19.8 Å². The number of H-pyrrole nitrogens is 1. The van der Waals surface area contributed by atoms with Gasteiger partial charge in [-0.05, 0) is 80.0 Å². The number of furan rings is 1. The van der Waals surface area contributed by atoms with Crippen LogP contribution in [0.2, 0.25) is 0 Å². The van der Waals surface area contributed by atoms with E-state index in [0.717, 1.165) is 61.2 Å². The summed E-state index contributed by atoms with van der Waals surface area (Å²) in [7, 11) is 0. The maximum absolute atomic E-state index is 10.8. The van der Waals surface area contributed by atoms with E-state index in [9.17, 15) is 20.4 Å². The summed E-state index contributed by atoms with van der Waals surface area (Å²) < 4.78 is 11.7. The number of benzene rings is 1. The molecule has 2 aromatic heterocycles. The third kappa shape index (κ3) is 9.72. The number of aromatic amines is 1. The number of aliphatic hydroxyl groups excluding tert-OH is 3. The van der Waals surface area contributed by atoms with Crippen molar-refractivity contribution in [1.29, 1.82) is 0 Å². The highest BCUT2D eigenvalue weighted by Crippen LogP contribution is 2.30. The van der Waals surface area contributed by atoms with Crippen LogP contribution in [0.3, 0.4) is 0 Å². The number of hydrogen-bond acceptors (Lipinski definition) is 7. The van der Waals surface area contributed by atoms with E-state index in [4.69, 9.17) is 9.15 Å². The van der Waals surface area contributed by atoms with Gasteiger partial charge >= 0.3 is 0 Å². The van der Waals surface area contributed by atoms with Crippen molar-refractivity contribution in [3.63, 3.8) is 0 Å². The lowest BCUT2D eigenvalue weighted by Gasteiger charge is -2.25. The van der Waals surface area contributed by atoms with Crippen LogP contribution in [0.25, 0.3) is 0 Å². The molecule has 0 aliphatic carbocycles. The summed E-state index contributed by atoms with van der Waals surface area (Å²) in [5.41, 5.74) is 2.66. The Morgan fingerprint density at radius 3 is 2.49 bits per heavy atom. The minimum Gasteiger partial charge on any atom is -0.504 e. The van der Waals surface area contributed by atoms with Crippen molar-refractivity contribution < 1.29 is 29.6 Å². The Labute approximate surface area is 232 Å². The van der Waals surface area contributed by atoms with Gasteiger partial charge in [-0.2, -0.15) is 0 Å². The second-order valence-corrected chi connectivity index (χ2v) is 10.5. The minimum atomic E-state index is -0.903. The van der Waals surface area contributed by atoms with Crippen molar-refractivity contribution in [3.05, 3.63) is 70.9 Å². The Hall–Kier alpha value is -2.78. The van der Waals surface area contributed by atoms with Gasteiger partial charge in [0.2, 0.25) is 0 Å². The third-order valence-electron chi connectivity index (χ3n) is 7.14. The molecule has 216 valence electrons. The molecule has 39 heavy (non-hydrogen) atoms. The van der Waals surface area contributed by atoms with Gasteiger partial charge in [-0.25, -0.2) is 0 Å². The monoisotopic (exact) mass is 542 g/mol. The number of unbranched alkanes of at least 4 members (excludes halogenated alkanes) is 1. The van der Waals surface area contributed by atoms with Crippen LogP contribution in [-0.2, 0) is 19.3 Å². The van der Waals surface area contributed by atoms with Gasteiger partial charge in [0, 0.05) is 43.9 Å². The first kappa shape index (κ1) is 30.8. The van der Waals surface area contributed by atoms with E-state index in [1.807, 2.05) is 36.5 Å². The summed E-state index contributed by atoms with van der Waals surface area (Å²) in [4.78, 5) is 3.15. The average Bonchev–Trinajstić information content (AvgIpc) is 3.60. The first-order valence-electron chi connectivity index (χ1n) is 14.2. The van der Waals surface area contributed by atoms with Crippen molar-refractivity contribution in [2.24, 2.45) is 0 Å². The van der Waals surface area contributed by atoms with Gasteiger partial charge in [-0.15, -0.1) is 0 Å². The van der Waals surface area contributed by atoms with Gasteiger partial charge in [0.15, 0.2) is 11.5 Å². The van der Waals surface area contributed by atoms with E-state index in [-0.39, 0.29) is 30.9 Å². The molecule has 8 heteroatoms. The van der Waals surface area contributed by atoms with E-state index in [2.05, 4.69) is 24.1 Å². The van der Waals surface area contributed by atoms with E-state index in [0.29, 0.717) is 24.4 Å². The second-order valence-electron chi connectivity index (χ2n) is 10.5. The minimum absolute atomic E-state index is 0.0153. The zero-order valence-corrected chi connectivity index (χ0v) is 23.5. The zero-order chi connectivity index (χ0) is 28.2. The first-order chi connectivity index (χ1) is 18.8. The number of ether oxygens (including phenoxy) is 1. The third-order valence-corrected chi connectivity index (χ3v) is 7.14. The number of phenols is 1. The molecule has 0 aliphatic rings. The molecule has 8 nitrogen and oxygen atoms in total. The van der Waals surface area contributed by atoms with Crippen LogP contribution >= 0.6 is 0 Å². The van der Waals surface area contributed by atoms with Gasteiger partial charge in [0.1, 0.15) is 24.2 Å². The molecule has 3 rings (SSSR count). The van der Waals surface area contributed by atoms with Crippen molar-refractivity contribution in [2.45, 2.75) is 89.9 Å². The summed E-state index contributed by atoms with van der Waals surface area (Å²) in [6.45, 7) is 6.56. The van der Waals surface area contributed by atoms with Gasteiger partial charge in [-0.3, -0.25) is 0 Å². The van der Waals surface area contributed by atoms with Crippen LogP contribution in [0.5, 0.6) is 11.5 Å². The number of aromatic nitrogens is 1. The van der Waals surface area contributed by atoms with E-state index in [1.54, 1.807) is 13.0 Å². The predicted molar refractivity (Wildman–Crippen MR) is 152 cm³/mol. The van der Waals surface area contributed by atoms with Crippen LogP contribution in [-0.4, -0.2) is 57.3 Å². The van der Waals surface area contributed by atoms with Crippen LogP contribution < -0.4 is 10.1 Å². The molecule has 0 fully saturated rings. The van der Waals surface area contributed by atoms with Crippen LogP contribution in [0.15, 0.2) is 47.0 Å². The van der Waals surface area contributed by atoms with Crippen LogP contribution in [0.1, 0.15) is 86.8 Å². The van der Waals surface area contributed by atoms with E-state index < -0.39 is 12.2 Å². The zero-order valence-electron chi connectivity index (χ0n) is 23.5. The highest BCUT2D eigenvalue weighted by Gasteiger charge is 2.22. The maximum Gasteiger partial charge on any atom is 0.161 e. The average molecular weight is 543 g/mol. The molecule has 0 aliphatic heterocycles. The standard InChI is InChI=1S/C31H46N2O6/c1-4-5-7-25-12-13-26(39-25)11-9-23-10-14-29(36)31(16-23)38-20-30(37)28-17-24(19-33-28)22(3)27(8-6-15-34)32-18-21(2)35/h10,12-14,16-17,19,21-22,27,30,32-37H,4-9,11,15,18,20H2,1-3H3. The lowest BCUT2D eigenvalue weighted by Crippen LogP contribution is -2.38. The fourth-order valence-electron chi connectivity index (χ4n) is 4.68. The van der Waals surface area contributed by atoms with Gasteiger partial charge in [0.25, 0.3) is 0 Å². The van der Waals surface area contributed by atoms with Gasteiger partial charge in [-0.1, -0.05) is 26.3 Å². The molecule has 0 bridgehead atoms. The molecule has 6 N–H and O–H groups in total. The normalized spacial score (nSPS) is 14.7. The molecule has 4 atom stereocenters. The fraction of sp³-hybridized carbons (Fsp3) is 0.548. The Bertz CT molecular complexity index is 1110. The number of aliphatic hydroxyl groups is 3. The molecule has 0 saturated carbocycles. The number of nitrogens with one attached hydrogen (secondary N) is 2. The van der Waals surface area contributed by atoms with E-state index >= 15 is 0 Å². The summed E-state index contributed by atoms with van der Waals surface area (Å²) in [6.07, 6.45) is 6.67. The Morgan fingerprint density at radius 2 is 1.77 bits per heavy atom. The first-order valence-corrected chi connectivity index (χ1v) is 14.2. The van der Waals surface area contributed by atoms with Gasteiger partial charge < -0.3 is 39.9 Å². The fourth-order valence-corrected chi connectivity index (χ4v) is 4.68. The van der Waals surface area contributed by atoms with Crippen molar-refractivity contribution in [3.8, 4) is 11.5 Å². The lowest BCUT2D eigenvalue weighted by molar-refractivity contribution is 0.103. The highest BCUT2D eigenvalue weighted by molar-refractivity contribution is 5.42. The molecule has 1 aromatic carbocycles. The lowest BCUT2D eigenvalue weighted by atomic mass is 9.91. The van der Waals surface area contributed by atoms with E-state index in [1.165, 1.54) is 0 Å². The summed E-state index contributed by atoms with van der Waals surface area (Å²) in [6, 6.07) is 11.4. The largest absolute Gasteiger partial charge is 0.504 e. The molecule has 0 radical (unpaired) electrons. The predicted octanol–water partition coefficient (Wildman–Crippen LogP) is 4.77. The summed E-state index contributed by atoms with van der Waals surface area (Å²) in [5.74, 6) is 2.44. The molecular formula is C31H46N2O6. The van der Waals surface area contributed by atoms with Gasteiger partial charge in [0.05, 0.1) is 6.10 Å². The molecule has 4 unspecified atom stereocenters. The number of aromatic hydroxyl groups is 1. The molecule has 2 heterocycles. The van der Waals surface area contributed by atoms with Crippen LogP contribution in [0.4, 0.5) is 0 Å². The topological polar surface area (TPSA) is 131 Å². The quantitative estimate of drug-likeness (QED) is 0.137. The SMILES string of the molecule is CCCCc1ccc(CCc2ccc(O)c(OCC(O)c3cc(C(C)C(CCCO)NCC(C)O)c[nH]3)c2)o1. The molecule has 0 amide bonds. The smallest absolute Gasteiger partial charge is 0.161 e. The molecular weight excluding hydrogens is 496 g/mol. The molecule has 0 saturated heterocycles. The Balaban J connectivity index is 1.55. The second kappa shape index (κ2) is 15.7. The molecule has 3 aromatic rings. The Morgan fingerprint density at radius 1 is 1.00 bits per heavy atom. The number of phenolic OH excluding ortho intramolecular Hbond substituents is 1. The number of aryl methyl sites for hydroxylation is 3. The number of hydrogen-bond donors (Lipinski definition) is 6. The molecule has 0 spiro atoms. The maximum atomic E-state index is 10.8.